The molecule has 2 aromatic rings. The van der Waals surface area contributed by atoms with Gasteiger partial charge in [-0.3, -0.25) is 4.98 Å². The first-order valence-corrected chi connectivity index (χ1v) is 5.76. The summed E-state index contributed by atoms with van der Waals surface area (Å²) in [7, 11) is 0. The third kappa shape index (κ3) is 2.84. The number of benzene rings is 1. The molecule has 94 valence electrons. The molecule has 0 aliphatic heterocycles. The summed E-state index contributed by atoms with van der Waals surface area (Å²) in [4.78, 5) is 3.93. The van der Waals surface area contributed by atoms with E-state index in [-0.39, 0.29) is 17.7 Å². The van der Waals surface area contributed by atoms with E-state index in [0.717, 1.165) is 11.1 Å². The maximum Gasteiger partial charge on any atom is 0.165 e. The highest BCUT2D eigenvalue weighted by molar-refractivity contribution is 5.30. The lowest BCUT2D eigenvalue weighted by molar-refractivity contribution is 0.216. The molecule has 0 aliphatic rings. The largest absolute Gasteiger partial charge is 0.483 e. The van der Waals surface area contributed by atoms with E-state index in [2.05, 4.69) is 4.98 Å². The van der Waals surface area contributed by atoms with Crippen molar-refractivity contribution in [1.82, 2.24) is 4.98 Å². The van der Waals surface area contributed by atoms with Crippen molar-refractivity contribution in [3.05, 3.63) is 59.7 Å². The van der Waals surface area contributed by atoms with Gasteiger partial charge in [0.25, 0.3) is 0 Å². The Balaban J connectivity index is 2.14. The second-order valence-corrected chi connectivity index (χ2v) is 4.01. The first-order valence-electron chi connectivity index (χ1n) is 5.76. The van der Waals surface area contributed by atoms with E-state index in [1.165, 1.54) is 6.07 Å². The Labute approximate surface area is 105 Å². The normalized spacial score (nSPS) is 12.2. The maximum atomic E-state index is 13.7. The monoisotopic (exact) mass is 246 g/mol. The fraction of sp³-hybridized carbons (Fsp3) is 0.214. The number of nitrogens with zero attached hydrogens (tertiary/aromatic N) is 1. The number of hydrogen-bond acceptors (Lipinski definition) is 3. The Bertz CT molecular complexity index is 516. The molecule has 0 saturated heterocycles. The second-order valence-electron chi connectivity index (χ2n) is 4.01. The molecule has 1 atom stereocenters. The first kappa shape index (κ1) is 12.5. The van der Waals surface area contributed by atoms with Gasteiger partial charge in [0.15, 0.2) is 11.6 Å². The minimum absolute atomic E-state index is 0.230. The highest BCUT2D eigenvalue weighted by atomic mass is 19.1. The van der Waals surface area contributed by atoms with Crippen LogP contribution in [0.25, 0.3) is 0 Å². The molecule has 0 fully saturated rings. The minimum Gasteiger partial charge on any atom is -0.483 e. The van der Waals surface area contributed by atoms with Crippen molar-refractivity contribution in [3.63, 3.8) is 0 Å². The fourth-order valence-electron chi connectivity index (χ4n) is 1.66. The second kappa shape index (κ2) is 5.60. The molecule has 1 aromatic carbocycles. The van der Waals surface area contributed by atoms with E-state index in [4.69, 9.17) is 10.5 Å². The molecule has 0 bridgehead atoms. The van der Waals surface area contributed by atoms with Gasteiger partial charge in [-0.15, -0.1) is 0 Å². The van der Waals surface area contributed by atoms with E-state index in [1.54, 1.807) is 24.5 Å². The van der Waals surface area contributed by atoms with Crippen LogP contribution in [0.1, 0.15) is 24.2 Å². The summed E-state index contributed by atoms with van der Waals surface area (Å²) >= 11 is 0. The Hall–Kier alpha value is -1.94. The van der Waals surface area contributed by atoms with Crippen LogP contribution in [0.15, 0.2) is 42.7 Å². The summed E-state index contributed by atoms with van der Waals surface area (Å²) in [5.74, 6) is -0.157. The highest BCUT2D eigenvalue weighted by Crippen LogP contribution is 2.24. The molecule has 1 aromatic heterocycles. The van der Waals surface area contributed by atoms with E-state index < -0.39 is 0 Å². The van der Waals surface area contributed by atoms with Gasteiger partial charge in [-0.2, -0.15) is 0 Å². The van der Waals surface area contributed by atoms with Crippen LogP contribution >= 0.6 is 0 Å². The van der Waals surface area contributed by atoms with Crippen LogP contribution in [-0.2, 0) is 6.54 Å². The van der Waals surface area contributed by atoms with Gasteiger partial charge in [-0.1, -0.05) is 6.07 Å². The van der Waals surface area contributed by atoms with Crippen molar-refractivity contribution in [2.24, 2.45) is 5.73 Å². The van der Waals surface area contributed by atoms with E-state index in [1.807, 2.05) is 19.1 Å². The van der Waals surface area contributed by atoms with Crippen LogP contribution < -0.4 is 10.5 Å². The Morgan fingerprint density at radius 3 is 2.61 bits per heavy atom. The van der Waals surface area contributed by atoms with E-state index in [0.29, 0.717) is 6.54 Å². The standard InChI is InChI=1S/C14H15FN2O/c1-10(12-4-6-17-7-5-12)18-14-3-2-11(9-16)8-13(14)15/h2-8,10H,9,16H2,1H3. The molecular formula is C14H15FN2O. The van der Waals surface area contributed by atoms with Gasteiger partial charge in [0.05, 0.1) is 0 Å². The quantitative estimate of drug-likeness (QED) is 0.902. The van der Waals surface area contributed by atoms with Crippen LogP contribution in [0.3, 0.4) is 0 Å². The van der Waals surface area contributed by atoms with Gasteiger partial charge >= 0.3 is 0 Å². The fourth-order valence-corrected chi connectivity index (χ4v) is 1.66. The van der Waals surface area contributed by atoms with Crippen LogP contribution in [0.2, 0.25) is 0 Å². The number of aromatic nitrogens is 1. The van der Waals surface area contributed by atoms with Gasteiger partial charge in [0, 0.05) is 18.9 Å². The van der Waals surface area contributed by atoms with Crippen LogP contribution in [0, 0.1) is 5.82 Å². The van der Waals surface area contributed by atoms with Crippen molar-refractivity contribution < 1.29 is 9.13 Å². The first-order chi connectivity index (χ1) is 8.70. The molecule has 2 N–H and O–H groups in total. The third-order valence-electron chi connectivity index (χ3n) is 2.71. The number of rotatable bonds is 4. The molecule has 3 nitrogen and oxygen atoms in total. The van der Waals surface area contributed by atoms with E-state index >= 15 is 0 Å². The zero-order valence-electron chi connectivity index (χ0n) is 10.1. The molecular weight excluding hydrogens is 231 g/mol. The Morgan fingerprint density at radius 2 is 2.00 bits per heavy atom. The average Bonchev–Trinajstić information content (AvgIpc) is 2.42. The highest BCUT2D eigenvalue weighted by Gasteiger charge is 2.10. The molecule has 0 spiro atoms. The van der Waals surface area contributed by atoms with Crippen molar-refractivity contribution in [2.75, 3.05) is 0 Å². The van der Waals surface area contributed by atoms with Crippen molar-refractivity contribution in [1.29, 1.82) is 0 Å². The van der Waals surface area contributed by atoms with Crippen molar-refractivity contribution >= 4 is 0 Å². The predicted molar refractivity (Wildman–Crippen MR) is 67.6 cm³/mol. The number of nitrogens with two attached hydrogens (primary N) is 1. The molecule has 0 aliphatic carbocycles. The molecule has 0 saturated carbocycles. The molecule has 2 rings (SSSR count). The van der Waals surface area contributed by atoms with Crippen LogP contribution in [0.5, 0.6) is 5.75 Å². The lowest BCUT2D eigenvalue weighted by Gasteiger charge is -2.15. The van der Waals surface area contributed by atoms with Gasteiger partial charge in [-0.05, 0) is 42.3 Å². The summed E-state index contributed by atoms with van der Waals surface area (Å²) in [6, 6.07) is 8.45. The summed E-state index contributed by atoms with van der Waals surface area (Å²) in [6.07, 6.45) is 3.14. The number of ether oxygens (including phenoxy) is 1. The van der Waals surface area contributed by atoms with Gasteiger partial charge < -0.3 is 10.5 Å². The molecule has 1 unspecified atom stereocenters. The van der Waals surface area contributed by atoms with Crippen LogP contribution in [0.4, 0.5) is 4.39 Å². The predicted octanol–water partition coefficient (Wildman–Crippen LogP) is 2.82. The SMILES string of the molecule is CC(Oc1ccc(CN)cc1F)c1ccncc1. The summed E-state index contributed by atoms with van der Waals surface area (Å²) < 4.78 is 19.3. The van der Waals surface area contributed by atoms with Gasteiger partial charge in [0.1, 0.15) is 6.10 Å². The lowest BCUT2D eigenvalue weighted by Crippen LogP contribution is -2.05. The van der Waals surface area contributed by atoms with Crippen molar-refractivity contribution in [3.8, 4) is 5.75 Å². The van der Waals surface area contributed by atoms with Crippen molar-refractivity contribution in [2.45, 2.75) is 19.6 Å². The number of pyridine rings is 1. The van der Waals surface area contributed by atoms with Crippen LogP contribution in [-0.4, -0.2) is 4.98 Å². The Kier molecular flexibility index (Phi) is 3.89. The smallest absolute Gasteiger partial charge is 0.165 e. The lowest BCUT2D eigenvalue weighted by atomic mass is 10.1. The minimum atomic E-state index is -0.390. The summed E-state index contributed by atoms with van der Waals surface area (Å²) in [6.45, 7) is 2.18. The van der Waals surface area contributed by atoms with Gasteiger partial charge in [-0.25, -0.2) is 4.39 Å². The Morgan fingerprint density at radius 1 is 1.28 bits per heavy atom. The topological polar surface area (TPSA) is 48.1 Å². The molecule has 0 radical (unpaired) electrons. The summed E-state index contributed by atoms with van der Waals surface area (Å²) in [5.41, 5.74) is 7.14. The number of halogens is 1. The molecule has 1 heterocycles. The third-order valence-corrected chi connectivity index (χ3v) is 2.71. The van der Waals surface area contributed by atoms with E-state index in [9.17, 15) is 4.39 Å². The maximum absolute atomic E-state index is 13.7. The number of hydrogen-bond donors (Lipinski definition) is 1. The zero-order valence-corrected chi connectivity index (χ0v) is 10.1. The molecule has 18 heavy (non-hydrogen) atoms. The summed E-state index contributed by atoms with van der Waals surface area (Å²) in [5, 5.41) is 0. The molecule has 0 amide bonds. The van der Waals surface area contributed by atoms with Gasteiger partial charge in [0.2, 0.25) is 0 Å². The molecule has 4 heteroatoms. The zero-order chi connectivity index (χ0) is 13.0. The average molecular weight is 246 g/mol.